The molecule has 11 heteroatoms. The van der Waals surface area contributed by atoms with Gasteiger partial charge in [0.05, 0.1) is 27.8 Å². The van der Waals surface area contributed by atoms with Gasteiger partial charge in [-0.1, -0.05) is 36.8 Å². The van der Waals surface area contributed by atoms with Crippen LogP contribution in [0.15, 0.2) is 23.1 Å². The van der Waals surface area contributed by atoms with Gasteiger partial charge in [-0.05, 0) is 32.0 Å². The van der Waals surface area contributed by atoms with Crippen molar-refractivity contribution in [3.8, 4) is 0 Å². The number of ether oxygens (including phenoxy) is 1. The number of nitrogens with zero attached hydrogens (tertiary/aromatic N) is 2. The molecule has 0 spiro atoms. The highest BCUT2D eigenvalue weighted by Crippen LogP contribution is 2.27. The summed E-state index contributed by atoms with van der Waals surface area (Å²) in [6, 6.07) is 3.96. The molecule has 0 radical (unpaired) electrons. The number of anilines is 1. The van der Waals surface area contributed by atoms with Crippen LogP contribution >= 0.6 is 22.9 Å². The Morgan fingerprint density at radius 1 is 1.24 bits per heavy atom. The van der Waals surface area contributed by atoms with E-state index in [0.29, 0.717) is 18.8 Å². The molecule has 2 rings (SSSR count). The van der Waals surface area contributed by atoms with Gasteiger partial charge in [0.2, 0.25) is 10.0 Å². The summed E-state index contributed by atoms with van der Waals surface area (Å²) >= 11 is 7.09. The van der Waals surface area contributed by atoms with Crippen LogP contribution in [0.25, 0.3) is 0 Å². The molecule has 29 heavy (non-hydrogen) atoms. The van der Waals surface area contributed by atoms with Crippen LogP contribution in [-0.2, 0) is 14.8 Å². The van der Waals surface area contributed by atoms with Crippen LogP contribution in [0.1, 0.15) is 46.5 Å². The first-order chi connectivity index (χ1) is 13.6. The molecule has 0 bridgehead atoms. The lowest BCUT2D eigenvalue weighted by atomic mass is 10.2. The van der Waals surface area contributed by atoms with E-state index < -0.39 is 21.9 Å². The second-order valence-electron chi connectivity index (χ2n) is 5.84. The third-order valence-corrected chi connectivity index (χ3v) is 7.43. The number of aryl methyl sites for hydroxylation is 1. The zero-order valence-corrected chi connectivity index (χ0v) is 18.9. The summed E-state index contributed by atoms with van der Waals surface area (Å²) in [5.41, 5.74) is 0.415. The van der Waals surface area contributed by atoms with Crippen molar-refractivity contribution in [3.05, 3.63) is 39.4 Å². The molecule has 1 aromatic heterocycles. The van der Waals surface area contributed by atoms with Crippen LogP contribution in [0, 0.1) is 6.92 Å². The minimum absolute atomic E-state index is 0.00886. The van der Waals surface area contributed by atoms with Crippen LogP contribution < -0.4 is 5.32 Å². The number of nitrogens with one attached hydrogen (secondary N) is 1. The van der Waals surface area contributed by atoms with Gasteiger partial charge in [0.15, 0.2) is 5.13 Å². The van der Waals surface area contributed by atoms with Gasteiger partial charge in [0.25, 0.3) is 5.91 Å². The first kappa shape index (κ1) is 23.3. The summed E-state index contributed by atoms with van der Waals surface area (Å²) in [5, 5.41) is 2.84. The van der Waals surface area contributed by atoms with E-state index in [4.69, 9.17) is 16.3 Å². The SMILES string of the molecule is CCOC(=O)c1sc(NC(=O)c2cc(S(=O)(=O)N(CC)CC)ccc2Cl)nc1C. The molecule has 8 nitrogen and oxygen atoms in total. The summed E-state index contributed by atoms with van der Waals surface area (Å²) in [6.45, 7) is 7.62. The first-order valence-corrected chi connectivity index (χ1v) is 11.5. The van der Waals surface area contributed by atoms with Gasteiger partial charge in [0.1, 0.15) is 4.88 Å². The Morgan fingerprint density at radius 2 is 1.90 bits per heavy atom. The third-order valence-electron chi connectivity index (χ3n) is 4.00. The molecule has 0 aliphatic carbocycles. The van der Waals surface area contributed by atoms with E-state index in [1.807, 2.05) is 0 Å². The number of aromatic nitrogens is 1. The first-order valence-electron chi connectivity index (χ1n) is 8.91. The van der Waals surface area contributed by atoms with E-state index >= 15 is 0 Å². The highest BCUT2D eigenvalue weighted by molar-refractivity contribution is 7.89. The van der Waals surface area contributed by atoms with Crippen molar-refractivity contribution in [2.24, 2.45) is 0 Å². The Bertz CT molecular complexity index is 1020. The van der Waals surface area contributed by atoms with Crippen molar-refractivity contribution in [2.75, 3.05) is 25.0 Å². The average Bonchev–Trinajstić information content (AvgIpc) is 3.03. The predicted molar refractivity (Wildman–Crippen MR) is 112 cm³/mol. The van der Waals surface area contributed by atoms with Crippen LogP contribution in [0.2, 0.25) is 5.02 Å². The Labute approximate surface area is 178 Å². The van der Waals surface area contributed by atoms with E-state index in [9.17, 15) is 18.0 Å². The number of sulfonamides is 1. The summed E-state index contributed by atoms with van der Waals surface area (Å²) in [4.78, 5) is 29.0. The lowest BCUT2D eigenvalue weighted by molar-refractivity contribution is 0.0531. The average molecular weight is 460 g/mol. The topological polar surface area (TPSA) is 106 Å². The molecule has 1 N–H and O–H groups in total. The molecule has 1 aromatic carbocycles. The molecule has 0 unspecified atom stereocenters. The number of benzene rings is 1. The lowest BCUT2D eigenvalue weighted by Crippen LogP contribution is -2.30. The van der Waals surface area contributed by atoms with Crippen molar-refractivity contribution in [1.82, 2.24) is 9.29 Å². The zero-order valence-electron chi connectivity index (χ0n) is 16.5. The van der Waals surface area contributed by atoms with Crippen molar-refractivity contribution >= 4 is 50.0 Å². The maximum absolute atomic E-state index is 12.7. The van der Waals surface area contributed by atoms with Gasteiger partial charge < -0.3 is 4.74 Å². The van der Waals surface area contributed by atoms with Crippen LogP contribution in [0.3, 0.4) is 0 Å². The van der Waals surface area contributed by atoms with Gasteiger partial charge in [-0.15, -0.1) is 0 Å². The van der Waals surface area contributed by atoms with Crippen LogP contribution in [-0.4, -0.2) is 49.3 Å². The number of hydrogen-bond donors (Lipinski definition) is 1. The standard InChI is InChI=1S/C18H22ClN3O5S2/c1-5-22(6-2)29(25,26)12-8-9-14(19)13(10-12)16(23)21-18-20-11(4)15(28-18)17(24)27-7-3/h8-10H,5-7H2,1-4H3,(H,20,21,23). The van der Waals surface area contributed by atoms with Crippen molar-refractivity contribution in [2.45, 2.75) is 32.6 Å². The Morgan fingerprint density at radius 3 is 2.48 bits per heavy atom. The minimum atomic E-state index is -3.75. The molecule has 1 amide bonds. The predicted octanol–water partition coefficient (Wildman–Crippen LogP) is 3.56. The minimum Gasteiger partial charge on any atom is -0.462 e. The number of amides is 1. The second-order valence-corrected chi connectivity index (χ2v) is 9.18. The maximum Gasteiger partial charge on any atom is 0.350 e. The fourth-order valence-corrected chi connectivity index (χ4v) is 5.10. The Hall–Kier alpha value is -2.01. The Kier molecular flexibility index (Phi) is 7.75. The molecule has 0 saturated carbocycles. The fourth-order valence-electron chi connectivity index (χ4n) is 2.55. The van der Waals surface area contributed by atoms with Gasteiger partial charge in [-0.25, -0.2) is 18.2 Å². The third kappa shape index (κ3) is 5.13. The van der Waals surface area contributed by atoms with Gasteiger partial charge >= 0.3 is 5.97 Å². The number of esters is 1. The molecular weight excluding hydrogens is 438 g/mol. The molecule has 158 valence electrons. The molecule has 0 aliphatic heterocycles. The van der Waals surface area contributed by atoms with E-state index in [0.717, 1.165) is 11.3 Å². The number of hydrogen-bond acceptors (Lipinski definition) is 7. The normalized spacial score (nSPS) is 11.5. The summed E-state index contributed by atoms with van der Waals surface area (Å²) in [7, 11) is -3.75. The summed E-state index contributed by atoms with van der Waals surface area (Å²) in [5.74, 6) is -1.15. The van der Waals surface area contributed by atoms with E-state index in [1.54, 1.807) is 27.7 Å². The van der Waals surface area contributed by atoms with Gasteiger partial charge in [-0.2, -0.15) is 4.31 Å². The number of carbonyl (C=O) groups excluding carboxylic acids is 2. The highest BCUT2D eigenvalue weighted by Gasteiger charge is 2.24. The zero-order chi connectivity index (χ0) is 21.8. The van der Waals surface area contributed by atoms with E-state index in [-0.39, 0.29) is 32.1 Å². The van der Waals surface area contributed by atoms with Crippen LogP contribution in [0.5, 0.6) is 0 Å². The van der Waals surface area contributed by atoms with E-state index in [2.05, 4.69) is 10.3 Å². The van der Waals surface area contributed by atoms with E-state index in [1.165, 1.54) is 22.5 Å². The molecule has 2 aromatic rings. The molecular formula is C18H22ClN3O5S2. The monoisotopic (exact) mass is 459 g/mol. The van der Waals surface area contributed by atoms with Gasteiger partial charge in [0, 0.05) is 13.1 Å². The number of halogens is 1. The molecule has 0 aliphatic rings. The fraction of sp³-hybridized carbons (Fsp3) is 0.389. The van der Waals surface area contributed by atoms with Crippen molar-refractivity contribution < 1.29 is 22.7 Å². The Balaban J connectivity index is 2.33. The van der Waals surface area contributed by atoms with Crippen molar-refractivity contribution in [3.63, 3.8) is 0 Å². The maximum atomic E-state index is 12.7. The molecule has 0 atom stereocenters. The van der Waals surface area contributed by atoms with Gasteiger partial charge in [-0.3, -0.25) is 10.1 Å². The number of thiazole rings is 1. The molecule has 1 heterocycles. The number of rotatable bonds is 8. The smallest absolute Gasteiger partial charge is 0.350 e. The summed E-state index contributed by atoms with van der Waals surface area (Å²) in [6.07, 6.45) is 0. The quantitative estimate of drug-likeness (QED) is 0.605. The lowest BCUT2D eigenvalue weighted by Gasteiger charge is -2.19. The second kappa shape index (κ2) is 9.66. The summed E-state index contributed by atoms with van der Waals surface area (Å²) < 4.78 is 31.7. The van der Waals surface area contributed by atoms with Crippen LogP contribution in [0.4, 0.5) is 5.13 Å². The molecule has 0 fully saturated rings. The largest absolute Gasteiger partial charge is 0.462 e. The van der Waals surface area contributed by atoms with Crippen molar-refractivity contribution in [1.29, 1.82) is 0 Å². The number of carbonyl (C=O) groups is 2. The molecule has 0 saturated heterocycles. The highest BCUT2D eigenvalue weighted by atomic mass is 35.5.